The smallest absolute Gasteiger partial charge is 0.261 e. The molecule has 7 heteroatoms. The van der Waals surface area contributed by atoms with E-state index in [2.05, 4.69) is 10.3 Å². The topological polar surface area (TPSA) is 60.5 Å². The average molecular weight is 415 g/mol. The molecule has 29 heavy (non-hydrogen) atoms. The SMILES string of the molecule is Cc1ccc(Cl)c(OC(C)C(=O)NCc2cccnc2Oc2cccc(F)c2)c1. The first-order valence-electron chi connectivity index (χ1n) is 9.00. The number of nitrogens with zero attached hydrogens (tertiary/aromatic N) is 1. The number of carbonyl (C=O) groups excluding carboxylic acids is 1. The van der Waals surface area contributed by atoms with Crippen molar-refractivity contribution >= 4 is 17.5 Å². The van der Waals surface area contributed by atoms with Crippen molar-refractivity contribution in [3.05, 3.63) is 82.8 Å². The van der Waals surface area contributed by atoms with Crippen molar-refractivity contribution in [2.45, 2.75) is 26.5 Å². The van der Waals surface area contributed by atoms with E-state index in [9.17, 15) is 9.18 Å². The summed E-state index contributed by atoms with van der Waals surface area (Å²) in [6, 6.07) is 14.6. The van der Waals surface area contributed by atoms with E-state index in [1.165, 1.54) is 12.1 Å². The Bertz CT molecular complexity index is 1010. The molecule has 1 amide bonds. The molecule has 1 N–H and O–H groups in total. The fraction of sp³-hybridized carbons (Fsp3) is 0.182. The van der Waals surface area contributed by atoms with E-state index in [-0.39, 0.29) is 18.3 Å². The fourth-order valence-corrected chi connectivity index (χ4v) is 2.73. The maximum atomic E-state index is 13.4. The van der Waals surface area contributed by atoms with Crippen LogP contribution in [0.2, 0.25) is 5.02 Å². The van der Waals surface area contributed by atoms with Gasteiger partial charge in [-0.2, -0.15) is 0 Å². The molecular weight excluding hydrogens is 395 g/mol. The molecule has 0 fully saturated rings. The normalized spacial score (nSPS) is 11.6. The van der Waals surface area contributed by atoms with Crippen LogP contribution in [0.15, 0.2) is 60.8 Å². The first kappa shape index (κ1) is 20.6. The highest BCUT2D eigenvalue weighted by Crippen LogP contribution is 2.26. The predicted octanol–water partition coefficient (Wildman–Crippen LogP) is 5.06. The Kier molecular flexibility index (Phi) is 6.67. The van der Waals surface area contributed by atoms with E-state index in [0.29, 0.717) is 22.1 Å². The molecule has 0 radical (unpaired) electrons. The molecule has 0 aliphatic heterocycles. The van der Waals surface area contributed by atoms with E-state index >= 15 is 0 Å². The van der Waals surface area contributed by atoms with Crippen LogP contribution in [-0.2, 0) is 11.3 Å². The first-order chi connectivity index (χ1) is 13.9. The van der Waals surface area contributed by atoms with Crippen LogP contribution >= 0.6 is 11.6 Å². The fourth-order valence-electron chi connectivity index (χ4n) is 2.56. The summed E-state index contributed by atoms with van der Waals surface area (Å²) in [5.41, 5.74) is 1.62. The maximum Gasteiger partial charge on any atom is 0.261 e. The molecule has 5 nitrogen and oxygen atoms in total. The van der Waals surface area contributed by atoms with E-state index < -0.39 is 11.9 Å². The van der Waals surface area contributed by atoms with Crippen LogP contribution in [0.25, 0.3) is 0 Å². The molecule has 3 rings (SSSR count). The zero-order valence-corrected chi connectivity index (χ0v) is 16.7. The van der Waals surface area contributed by atoms with E-state index in [1.54, 1.807) is 49.5 Å². The highest BCUT2D eigenvalue weighted by Gasteiger charge is 2.17. The monoisotopic (exact) mass is 414 g/mol. The number of pyridine rings is 1. The van der Waals surface area contributed by atoms with Gasteiger partial charge in [0.05, 0.1) is 5.02 Å². The van der Waals surface area contributed by atoms with Gasteiger partial charge in [0.1, 0.15) is 17.3 Å². The molecule has 0 spiro atoms. The molecular formula is C22H20ClFN2O3. The minimum atomic E-state index is -0.751. The number of nitrogens with one attached hydrogen (secondary N) is 1. The third-order valence-electron chi connectivity index (χ3n) is 4.07. The van der Waals surface area contributed by atoms with Gasteiger partial charge in [0.2, 0.25) is 5.88 Å². The third kappa shape index (κ3) is 5.68. The molecule has 0 aliphatic rings. The molecule has 1 atom stereocenters. The highest BCUT2D eigenvalue weighted by molar-refractivity contribution is 6.32. The Morgan fingerprint density at radius 2 is 2.03 bits per heavy atom. The summed E-state index contributed by atoms with van der Waals surface area (Å²) < 4.78 is 24.7. The zero-order valence-electron chi connectivity index (χ0n) is 16.0. The van der Waals surface area contributed by atoms with Crippen LogP contribution in [0, 0.1) is 12.7 Å². The number of benzene rings is 2. The van der Waals surface area contributed by atoms with Crippen LogP contribution in [-0.4, -0.2) is 17.0 Å². The van der Waals surface area contributed by atoms with Gasteiger partial charge in [0, 0.05) is 24.4 Å². The highest BCUT2D eigenvalue weighted by atomic mass is 35.5. The van der Waals surface area contributed by atoms with Gasteiger partial charge >= 0.3 is 0 Å². The molecule has 0 aliphatic carbocycles. The number of aryl methyl sites for hydroxylation is 1. The predicted molar refractivity (Wildman–Crippen MR) is 109 cm³/mol. The zero-order chi connectivity index (χ0) is 20.8. The molecule has 2 aromatic carbocycles. The number of ether oxygens (including phenoxy) is 2. The van der Waals surface area contributed by atoms with Crippen LogP contribution in [0.1, 0.15) is 18.1 Å². The molecule has 3 aromatic rings. The lowest BCUT2D eigenvalue weighted by Gasteiger charge is -2.16. The lowest BCUT2D eigenvalue weighted by molar-refractivity contribution is -0.127. The lowest BCUT2D eigenvalue weighted by Crippen LogP contribution is -2.36. The summed E-state index contributed by atoms with van der Waals surface area (Å²) in [7, 11) is 0. The summed E-state index contributed by atoms with van der Waals surface area (Å²) in [4.78, 5) is 16.6. The number of amides is 1. The van der Waals surface area contributed by atoms with Crippen molar-refractivity contribution in [1.29, 1.82) is 0 Å². The number of carbonyl (C=O) groups is 1. The van der Waals surface area contributed by atoms with Crippen molar-refractivity contribution in [3.8, 4) is 17.4 Å². The second-order valence-corrected chi connectivity index (χ2v) is 6.85. The van der Waals surface area contributed by atoms with Gasteiger partial charge in [-0.05, 0) is 49.7 Å². The van der Waals surface area contributed by atoms with Gasteiger partial charge in [-0.25, -0.2) is 9.37 Å². The Morgan fingerprint density at radius 1 is 1.21 bits per heavy atom. The van der Waals surface area contributed by atoms with Crippen LogP contribution in [0.4, 0.5) is 4.39 Å². The van der Waals surface area contributed by atoms with Crippen molar-refractivity contribution < 1.29 is 18.7 Å². The van der Waals surface area contributed by atoms with Gasteiger partial charge in [-0.15, -0.1) is 0 Å². The average Bonchev–Trinajstić information content (AvgIpc) is 2.70. The summed E-state index contributed by atoms with van der Waals surface area (Å²) in [6.07, 6.45) is 0.810. The molecule has 1 unspecified atom stereocenters. The Labute approximate surface area is 173 Å². The lowest BCUT2D eigenvalue weighted by atomic mass is 10.2. The standard InChI is InChI=1S/C22H20ClFN2O3/c1-14-8-9-19(23)20(11-14)28-15(2)21(27)26-13-16-5-4-10-25-22(16)29-18-7-3-6-17(24)12-18/h3-12,15H,13H2,1-2H3,(H,26,27). The number of rotatable bonds is 7. The molecule has 0 saturated heterocycles. The summed E-state index contributed by atoms with van der Waals surface area (Å²) in [5, 5.41) is 3.23. The molecule has 150 valence electrons. The Hall–Kier alpha value is -3.12. The van der Waals surface area contributed by atoms with Gasteiger partial charge in [0.15, 0.2) is 6.10 Å². The molecule has 0 bridgehead atoms. The molecule has 0 saturated carbocycles. The van der Waals surface area contributed by atoms with Crippen LogP contribution in [0.3, 0.4) is 0 Å². The minimum Gasteiger partial charge on any atom is -0.479 e. The number of halogens is 2. The van der Waals surface area contributed by atoms with Crippen molar-refractivity contribution in [2.75, 3.05) is 0 Å². The van der Waals surface area contributed by atoms with Crippen LogP contribution < -0.4 is 14.8 Å². The number of hydrogen-bond donors (Lipinski definition) is 1. The Morgan fingerprint density at radius 3 is 2.83 bits per heavy atom. The van der Waals surface area contributed by atoms with Gasteiger partial charge in [0.25, 0.3) is 5.91 Å². The molecule has 1 aromatic heterocycles. The summed E-state index contributed by atoms with van der Waals surface area (Å²) >= 11 is 6.12. The molecule has 1 heterocycles. The third-order valence-corrected chi connectivity index (χ3v) is 4.39. The summed E-state index contributed by atoms with van der Waals surface area (Å²) in [5.74, 6) is 0.332. The number of aromatic nitrogens is 1. The largest absolute Gasteiger partial charge is 0.479 e. The van der Waals surface area contributed by atoms with E-state index in [0.717, 1.165) is 5.56 Å². The maximum absolute atomic E-state index is 13.4. The van der Waals surface area contributed by atoms with Gasteiger partial charge in [-0.1, -0.05) is 29.8 Å². The van der Waals surface area contributed by atoms with Gasteiger partial charge in [-0.3, -0.25) is 4.79 Å². The van der Waals surface area contributed by atoms with E-state index in [1.807, 2.05) is 13.0 Å². The van der Waals surface area contributed by atoms with Crippen molar-refractivity contribution in [1.82, 2.24) is 10.3 Å². The van der Waals surface area contributed by atoms with Crippen molar-refractivity contribution in [3.63, 3.8) is 0 Å². The minimum absolute atomic E-state index is 0.173. The van der Waals surface area contributed by atoms with Crippen LogP contribution in [0.5, 0.6) is 17.4 Å². The van der Waals surface area contributed by atoms with Gasteiger partial charge < -0.3 is 14.8 Å². The summed E-state index contributed by atoms with van der Waals surface area (Å²) in [6.45, 7) is 3.73. The van der Waals surface area contributed by atoms with E-state index in [4.69, 9.17) is 21.1 Å². The Balaban J connectivity index is 1.63. The number of hydrogen-bond acceptors (Lipinski definition) is 4. The first-order valence-corrected chi connectivity index (χ1v) is 9.38. The quantitative estimate of drug-likeness (QED) is 0.587. The second kappa shape index (κ2) is 9.39. The van der Waals surface area contributed by atoms with Crippen molar-refractivity contribution in [2.24, 2.45) is 0 Å². The second-order valence-electron chi connectivity index (χ2n) is 6.44.